The van der Waals surface area contributed by atoms with E-state index in [9.17, 15) is 10.2 Å². The first-order valence-electron chi connectivity index (χ1n) is 3.47. The fraction of sp³-hybridized carbons (Fsp3) is 0.429. The fourth-order valence-corrected chi connectivity index (χ4v) is 0.876. The van der Waals surface area contributed by atoms with E-state index in [0.29, 0.717) is 5.82 Å². The average Bonchev–Trinajstić information content (AvgIpc) is 1.99. The first kappa shape index (κ1) is 9.25. The zero-order valence-corrected chi connectivity index (χ0v) is 8.33. The summed E-state index contributed by atoms with van der Waals surface area (Å²) in [6.45, 7) is 3.75. The van der Waals surface area contributed by atoms with Crippen LogP contribution in [0.4, 0.5) is 0 Å². The minimum Gasteiger partial charge on any atom is -0.492 e. The molecule has 4 nitrogen and oxygen atoms in total. The van der Waals surface area contributed by atoms with Gasteiger partial charge in [0.15, 0.2) is 0 Å². The summed E-state index contributed by atoms with van der Waals surface area (Å²) in [5.74, 6) is 0.0421. The van der Waals surface area contributed by atoms with E-state index in [1.54, 1.807) is 0 Å². The first-order valence-corrected chi connectivity index (χ1v) is 4.27. The van der Waals surface area contributed by atoms with Crippen molar-refractivity contribution in [1.82, 2.24) is 9.97 Å². The summed E-state index contributed by atoms with van der Waals surface area (Å²) in [6, 6.07) is 0. The number of aromatic hydroxyl groups is 2. The van der Waals surface area contributed by atoms with Crippen molar-refractivity contribution in [3.05, 3.63) is 10.3 Å². The van der Waals surface area contributed by atoms with E-state index in [0.717, 1.165) is 0 Å². The lowest BCUT2D eigenvalue weighted by molar-refractivity contribution is 0.408. The summed E-state index contributed by atoms with van der Waals surface area (Å²) < 4.78 is 0.131. The quantitative estimate of drug-likeness (QED) is 0.775. The van der Waals surface area contributed by atoms with Crippen LogP contribution in [0.5, 0.6) is 11.8 Å². The molecule has 0 spiro atoms. The molecule has 5 heteroatoms. The lowest BCUT2D eigenvalue weighted by atomic mass is 10.2. The van der Waals surface area contributed by atoms with Gasteiger partial charge in [-0.2, -0.15) is 9.97 Å². The van der Waals surface area contributed by atoms with Crippen molar-refractivity contribution in [2.75, 3.05) is 0 Å². The highest BCUT2D eigenvalue weighted by Crippen LogP contribution is 2.30. The van der Waals surface area contributed by atoms with Gasteiger partial charge in [-0.1, -0.05) is 13.8 Å². The zero-order chi connectivity index (χ0) is 9.30. The predicted octanol–water partition coefficient (Wildman–Crippen LogP) is 1.77. The fourth-order valence-electron chi connectivity index (χ4n) is 0.698. The van der Waals surface area contributed by atoms with Gasteiger partial charge in [-0.25, -0.2) is 0 Å². The van der Waals surface area contributed by atoms with E-state index in [1.165, 1.54) is 0 Å². The third-order valence-corrected chi connectivity index (χ3v) is 2.06. The van der Waals surface area contributed by atoms with Crippen LogP contribution in [0.25, 0.3) is 0 Å². The van der Waals surface area contributed by atoms with Gasteiger partial charge in [0.05, 0.1) is 0 Å². The monoisotopic (exact) mass is 232 g/mol. The second-order valence-corrected chi connectivity index (χ2v) is 3.49. The highest BCUT2D eigenvalue weighted by atomic mass is 79.9. The summed E-state index contributed by atoms with van der Waals surface area (Å²) in [5, 5.41) is 18.3. The van der Waals surface area contributed by atoms with Gasteiger partial charge in [0.25, 0.3) is 0 Å². The van der Waals surface area contributed by atoms with Crippen LogP contribution in [0.3, 0.4) is 0 Å². The smallest absolute Gasteiger partial charge is 0.232 e. The Morgan fingerprint density at radius 1 is 1.17 bits per heavy atom. The van der Waals surface area contributed by atoms with Crippen LogP contribution >= 0.6 is 15.9 Å². The maximum absolute atomic E-state index is 9.17. The second-order valence-electron chi connectivity index (χ2n) is 2.70. The SMILES string of the molecule is CC(C)c1nc(O)c(Br)c(O)n1. The van der Waals surface area contributed by atoms with Crippen LogP contribution in [-0.4, -0.2) is 20.2 Å². The Hall–Kier alpha value is -0.840. The molecule has 0 bridgehead atoms. The topological polar surface area (TPSA) is 66.2 Å². The van der Waals surface area contributed by atoms with Gasteiger partial charge in [0.2, 0.25) is 11.8 Å². The molecule has 1 aromatic rings. The Kier molecular flexibility index (Phi) is 2.52. The van der Waals surface area contributed by atoms with Crippen LogP contribution in [-0.2, 0) is 0 Å². The Morgan fingerprint density at radius 3 is 1.92 bits per heavy atom. The first-order chi connectivity index (χ1) is 5.52. The van der Waals surface area contributed by atoms with E-state index in [1.807, 2.05) is 13.8 Å². The van der Waals surface area contributed by atoms with Crippen molar-refractivity contribution in [2.24, 2.45) is 0 Å². The number of hydrogen-bond acceptors (Lipinski definition) is 4. The molecule has 0 atom stereocenters. The summed E-state index contributed by atoms with van der Waals surface area (Å²) in [5.41, 5.74) is 0. The molecule has 0 aliphatic heterocycles. The average molecular weight is 233 g/mol. The van der Waals surface area contributed by atoms with Gasteiger partial charge in [0, 0.05) is 5.92 Å². The Morgan fingerprint density at radius 2 is 1.58 bits per heavy atom. The molecule has 1 rings (SSSR count). The lowest BCUT2D eigenvalue weighted by Gasteiger charge is -2.05. The van der Waals surface area contributed by atoms with Crippen LogP contribution in [0.2, 0.25) is 0 Å². The number of hydrogen-bond donors (Lipinski definition) is 2. The zero-order valence-electron chi connectivity index (χ0n) is 6.74. The highest BCUT2D eigenvalue weighted by molar-refractivity contribution is 9.10. The van der Waals surface area contributed by atoms with Crippen LogP contribution in [0.15, 0.2) is 4.47 Å². The maximum Gasteiger partial charge on any atom is 0.232 e. The third-order valence-electron chi connectivity index (χ3n) is 1.35. The van der Waals surface area contributed by atoms with Crippen LogP contribution in [0, 0.1) is 0 Å². The molecule has 12 heavy (non-hydrogen) atoms. The molecule has 0 amide bonds. The molecule has 0 saturated heterocycles. The van der Waals surface area contributed by atoms with Crippen molar-refractivity contribution < 1.29 is 10.2 Å². The van der Waals surface area contributed by atoms with E-state index >= 15 is 0 Å². The molecule has 1 heterocycles. The Balaban J connectivity index is 3.21. The van der Waals surface area contributed by atoms with Crippen molar-refractivity contribution in [2.45, 2.75) is 19.8 Å². The Labute approximate surface area is 78.4 Å². The molecule has 2 N–H and O–H groups in total. The maximum atomic E-state index is 9.17. The normalized spacial score (nSPS) is 10.7. The van der Waals surface area contributed by atoms with Crippen molar-refractivity contribution in [3.8, 4) is 11.8 Å². The molecule has 0 aliphatic carbocycles. The number of nitrogens with zero attached hydrogens (tertiary/aromatic N) is 2. The molecule has 0 fully saturated rings. The van der Waals surface area contributed by atoms with Crippen molar-refractivity contribution in [3.63, 3.8) is 0 Å². The van der Waals surface area contributed by atoms with Gasteiger partial charge < -0.3 is 10.2 Å². The minimum absolute atomic E-state index is 0.0786. The standard InChI is InChI=1S/C7H9BrN2O2/c1-3(2)5-9-6(11)4(8)7(12)10-5/h3H,1-2H3,(H2,9,10,11,12). The molecule has 0 aliphatic rings. The molecule has 0 aromatic carbocycles. The van der Waals surface area contributed by atoms with Gasteiger partial charge in [0.1, 0.15) is 10.3 Å². The molecule has 0 unspecified atom stereocenters. The molecule has 0 saturated carbocycles. The third kappa shape index (κ3) is 1.66. The second kappa shape index (κ2) is 3.26. The van der Waals surface area contributed by atoms with Gasteiger partial charge in [-0.3, -0.25) is 0 Å². The molecule has 1 aromatic heterocycles. The molecular formula is C7H9BrN2O2. The van der Waals surface area contributed by atoms with E-state index in [2.05, 4.69) is 25.9 Å². The predicted molar refractivity (Wildman–Crippen MR) is 47.2 cm³/mol. The van der Waals surface area contributed by atoms with E-state index < -0.39 is 0 Å². The van der Waals surface area contributed by atoms with E-state index in [4.69, 9.17) is 0 Å². The summed E-state index contributed by atoms with van der Waals surface area (Å²) in [6.07, 6.45) is 0. The van der Waals surface area contributed by atoms with Crippen molar-refractivity contribution in [1.29, 1.82) is 0 Å². The minimum atomic E-state index is -0.230. The van der Waals surface area contributed by atoms with Crippen molar-refractivity contribution >= 4 is 15.9 Å². The summed E-state index contributed by atoms with van der Waals surface area (Å²) in [4.78, 5) is 7.54. The van der Waals surface area contributed by atoms with Gasteiger partial charge in [-0.15, -0.1) is 0 Å². The lowest BCUT2D eigenvalue weighted by Crippen LogP contribution is -1.97. The number of halogens is 1. The van der Waals surface area contributed by atoms with E-state index in [-0.39, 0.29) is 22.2 Å². The highest BCUT2D eigenvalue weighted by Gasteiger charge is 2.11. The van der Waals surface area contributed by atoms with Gasteiger partial charge >= 0.3 is 0 Å². The van der Waals surface area contributed by atoms with Crippen LogP contribution < -0.4 is 0 Å². The number of aromatic nitrogens is 2. The van der Waals surface area contributed by atoms with Gasteiger partial charge in [-0.05, 0) is 15.9 Å². The molecule has 66 valence electrons. The molecule has 0 radical (unpaired) electrons. The molecular weight excluding hydrogens is 224 g/mol. The largest absolute Gasteiger partial charge is 0.492 e. The summed E-state index contributed by atoms with van der Waals surface area (Å²) >= 11 is 2.94. The van der Waals surface area contributed by atoms with Crippen LogP contribution in [0.1, 0.15) is 25.6 Å². The summed E-state index contributed by atoms with van der Waals surface area (Å²) in [7, 11) is 0. The number of rotatable bonds is 1. The Bertz CT molecular complexity index is 278.